The Morgan fingerprint density at radius 3 is 2.40 bits per heavy atom. The van der Waals surface area contributed by atoms with Gasteiger partial charge in [0.1, 0.15) is 5.75 Å². The van der Waals surface area contributed by atoms with Crippen LogP contribution in [-0.2, 0) is 11.3 Å². The van der Waals surface area contributed by atoms with Gasteiger partial charge in [-0.15, -0.1) is 0 Å². The van der Waals surface area contributed by atoms with E-state index in [2.05, 4.69) is 32.9 Å². The topological polar surface area (TPSA) is 18.5 Å². The lowest BCUT2D eigenvalue weighted by Crippen LogP contribution is -2.18. The molecule has 0 spiro atoms. The van der Waals surface area contributed by atoms with E-state index >= 15 is 0 Å². The Morgan fingerprint density at radius 1 is 1.20 bits per heavy atom. The van der Waals surface area contributed by atoms with Crippen molar-refractivity contribution in [2.24, 2.45) is 0 Å². The zero-order chi connectivity index (χ0) is 11.5. The van der Waals surface area contributed by atoms with E-state index in [0.717, 1.165) is 16.9 Å². The molecule has 2 nitrogen and oxygen atoms in total. The summed E-state index contributed by atoms with van der Waals surface area (Å²) in [5, 5.41) is 0. The minimum Gasteiger partial charge on any atom is -0.496 e. The molecule has 15 heavy (non-hydrogen) atoms. The second-order valence-corrected chi connectivity index (χ2v) is 4.71. The number of aryl methyl sites for hydroxylation is 1. The molecule has 0 heterocycles. The fourth-order valence-corrected chi connectivity index (χ4v) is 1.25. The first-order valence-corrected chi connectivity index (χ1v) is 5.20. The van der Waals surface area contributed by atoms with Crippen LogP contribution in [0.2, 0.25) is 0 Å². The Kier molecular flexibility index (Phi) is 3.75. The second kappa shape index (κ2) is 4.67. The van der Waals surface area contributed by atoms with Gasteiger partial charge in [-0.25, -0.2) is 0 Å². The van der Waals surface area contributed by atoms with Crippen molar-refractivity contribution in [2.45, 2.75) is 39.9 Å². The third kappa shape index (κ3) is 3.92. The molecule has 0 atom stereocenters. The van der Waals surface area contributed by atoms with Gasteiger partial charge in [0.05, 0.1) is 19.3 Å². The lowest BCUT2D eigenvalue weighted by atomic mass is 10.1. The normalized spacial score (nSPS) is 11.5. The standard InChI is InChI=1S/C13H20O2/c1-10-6-7-11(8-12(10)14-5)9-15-13(2,3)4/h6-8H,9H2,1-5H3. The molecule has 1 aromatic carbocycles. The van der Waals surface area contributed by atoms with Crippen LogP contribution < -0.4 is 4.74 Å². The van der Waals surface area contributed by atoms with Gasteiger partial charge in [-0.2, -0.15) is 0 Å². The third-order valence-electron chi connectivity index (χ3n) is 2.14. The van der Waals surface area contributed by atoms with Gasteiger partial charge in [0.15, 0.2) is 0 Å². The van der Waals surface area contributed by atoms with E-state index in [1.54, 1.807) is 7.11 Å². The molecule has 0 aliphatic heterocycles. The number of methoxy groups -OCH3 is 1. The molecule has 1 aromatic rings. The molecule has 1 rings (SSSR count). The van der Waals surface area contributed by atoms with Crippen LogP contribution in [0.5, 0.6) is 5.75 Å². The summed E-state index contributed by atoms with van der Waals surface area (Å²) < 4.78 is 11.0. The zero-order valence-corrected chi connectivity index (χ0v) is 10.3. The Labute approximate surface area is 92.2 Å². The fraction of sp³-hybridized carbons (Fsp3) is 0.538. The molecule has 0 radical (unpaired) electrons. The maximum absolute atomic E-state index is 5.70. The summed E-state index contributed by atoms with van der Waals surface area (Å²) in [4.78, 5) is 0. The summed E-state index contributed by atoms with van der Waals surface area (Å²) in [6.45, 7) is 8.82. The van der Waals surface area contributed by atoms with Gasteiger partial charge in [0, 0.05) is 0 Å². The van der Waals surface area contributed by atoms with Crippen molar-refractivity contribution < 1.29 is 9.47 Å². The molecule has 0 saturated heterocycles. The van der Waals surface area contributed by atoms with Crippen LogP contribution in [0.25, 0.3) is 0 Å². The smallest absolute Gasteiger partial charge is 0.122 e. The first-order valence-electron chi connectivity index (χ1n) is 5.20. The van der Waals surface area contributed by atoms with Crippen molar-refractivity contribution in [3.63, 3.8) is 0 Å². The van der Waals surface area contributed by atoms with Crippen molar-refractivity contribution in [1.82, 2.24) is 0 Å². The van der Waals surface area contributed by atoms with Gasteiger partial charge in [0.2, 0.25) is 0 Å². The summed E-state index contributed by atoms with van der Waals surface area (Å²) >= 11 is 0. The first-order chi connectivity index (χ1) is 6.92. The van der Waals surface area contributed by atoms with Crippen molar-refractivity contribution in [3.8, 4) is 5.75 Å². The predicted octanol–water partition coefficient (Wildman–Crippen LogP) is 3.32. The quantitative estimate of drug-likeness (QED) is 0.758. The van der Waals surface area contributed by atoms with E-state index in [0.29, 0.717) is 6.61 Å². The summed E-state index contributed by atoms with van der Waals surface area (Å²) in [6.07, 6.45) is 0. The van der Waals surface area contributed by atoms with Crippen molar-refractivity contribution in [2.75, 3.05) is 7.11 Å². The highest BCUT2D eigenvalue weighted by Gasteiger charge is 2.10. The van der Waals surface area contributed by atoms with Crippen LogP contribution in [0.1, 0.15) is 31.9 Å². The van der Waals surface area contributed by atoms with E-state index in [1.165, 1.54) is 0 Å². The Bertz CT molecular complexity index is 324. The molecule has 0 aliphatic rings. The van der Waals surface area contributed by atoms with E-state index < -0.39 is 0 Å². The first kappa shape index (κ1) is 12.1. The lowest BCUT2D eigenvalue weighted by molar-refractivity contribution is -0.0150. The van der Waals surface area contributed by atoms with Gasteiger partial charge in [0.25, 0.3) is 0 Å². The molecule has 2 heteroatoms. The largest absolute Gasteiger partial charge is 0.496 e. The van der Waals surface area contributed by atoms with Gasteiger partial charge in [-0.1, -0.05) is 12.1 Å². The Hall–Kier alpha value is -1.02. The number of hydrogen-bond donors (Lipinski definition) is 0. The fourth-order valence-electron chi connectivity index (χ4n) is 1.25. The van der Waals surface area contributed by atoms with Crippen LogP contribution in [-0.4, -0.2) is 12.7 Å². The maximum Gasteiger partial charge on any atom is 0.122 e. The number of hydrogen-bond acceptors (Lipinski definition) is 2. The minimum atomic E-state index is -0.0991. The molecule has 0 N–H and O–H groups in total. The van der Waals surface area contributed by atoms with E-state index in [9.17, 15) is 0 Å². The second-order valence-electron chi connectivity index (χ2n) is 4.71. The van der Waals surface area contributed by atoms with Gasteiger partial charge < -0.3 is 9.47 Å². The lowest BCUT2D eigenvalue weighted by Gasteiger charge is -2.19. The molecule has 0 fully saturated rings. The van der Waals surface area contributed by atoms with E-state index in [-0.39, 0.29) is 5.60 Å². The average Bonchev–Trinajstić information content (AvgIpc) is 2.15. The van der Waals surface area contributed by atoms with Gasteiger partial charge >= 0.3 is 0 Å². The summed E-state index contributed by atoms with van der Waals surface area (Å²) in [5.41, 5.74) is 2.20. The van der Waals surface area contributed by atoms with E-state index in [4.69, 9.17) is 9.47 Å². The van der Waals surface area contributed by atoms with E-state index in [1.807, 2.05) is 13.0 Å². The molecular formula is C13H20O2. The summed E-state index contributed by atoms with van der Waals surface area (Å²) in [5.74, 6) is 0.921. The molecule has 84 valence electrons. The molecule has 0 unspecified atom stereocenters. The molecule has 0 bridgehead atoms. The van der Waals surface area contributed by atoms with Crippen molar-refractivity contribution >= 4 is 0 Å². The highest BCUT2D eigenvalue weighted by atomic mass is 16.5. The van der Waals surface area contributed by atoms with Gasteiger partial charge in [-0.05, 0) is 44.9 Å². The van der Waals surface area contributed by atoms with Crippen LogP contribution in [0.3, 0.4) is 0 Å². The molecule has 0 amide bonds. The average molecular weight is 208 g/mol. The highest BCUT2D eigenvalue weighted by molar-refractivity contribution is 5.36. The highest BCUT2D eigenvalue weighted by Crippen LogP contribution is 2.20. The maximum atomic E-state index is 5.70. The summed E-state index contributed by atoms with van der Waals surface area (Å²) in [7, 11) is 1.69. The van der Waals surface area contributed by atoms with Crippen molar-refractivity contribution in [3.05, 3.63) is 29.3 Å². The van der Waals surface area contributed by atoms with Crippen LogP contribution in [0, 0.1) is 6.92 Å². The number of rotatable bonds is 3. The van der Waals surface area contributed by atoms with Crippen LogP contribution in [0.15, 0.2) is 18.2 Å². The third-order valence-corrected chi connectivity index (χ3v) is 2.14. The number of ether oxygens (including phenoxy) is 2. The Morgan fingerprint density at radius 2 is 1.87 bits per heavy atom. The monoisotopic (exact) mass is 208 g/mol. The molecular weight excluding hydrogens is 188 g/mol. The zero-order valence-electron chi connectivity index (χ0n) is 10.3. The summed E-state index contributed by atoms with van der Waals surface area (Å²) in [6, 6.07) is 6.16. The SMILES string of the molecule is COc1cc(COC(C)(C)C)ccc1C. The predicted molar refractivity (Wildman–Crippen MR) is 62.3 cm³/mol. The Balaban J connectivity index is 2.70. The molecule has 0 aromatic heterocycles. The van der Waals surface area contributed by atoms with Crippen molar-refractivity contribution in [1.29, 1.82) is 0 Å². The molecule has 0 saturated carbocycles. The number of benzene rings is 1. The van der Waals surface area contributed by atoms with Gasteiger partial charge in [-0.3, -0.25) is 0 Å². The minimum absolute atomic E-state index is 0.0991. The van der Waals surface area contributed by atoms with Crippen LogP contribution in [0.4, 0.5) is 0 Å². The van der Waals surface area contributed by atoms with Crippen LogP contribution >= 0.6 is 0 Å². The molecule has 0 aliphatic carbocycles.